The summed E-state index contributed by atoms with van der Waals surface area (Å²) in [7, 11) is 0. The fourth-order valence-corrected chi connectivity index (χ4v) is 3.02. The van der Waals surface area contributed by atoms with Crippen LogP contribution in [0.15, 0.2) is 36.9 Å². The summed E-state index contributed by atoms with van der Waals surface area (Å²) in [5.74, 6) is 0.495. The fraction of sp³-hybridized carbons (Fsp3) is 0.444. The summed E-state index contributed by atoms with van der Waals surface area (Å²) in [6, 6.07) is 8.14. The number of carbonyl (C=O) groups excluding carboxylic acids is 2. The molecule has 2 aliphatic rings. The van der Waals surface area contributed by atoms with Gasteiger partial charge in [-0.2, -0.15) is 0 Å². The van der Waals surface area contributed by atoms with Crippen molar-refractivity contribution in [3.05, 3.63) is 42.5 Å². The van der Waals surface area contributed by atoms with Crippen LogP contribution >= 0.6 is 0 Å². The number of amides is 2. The summed E-state index contributed by atoms with van der Waals surface area (Å²) in [6.07, 6.45) is 5.56. The minimum absolute atomic E-state index is 0.000680. The molecule has 1 unspecified atom stereocenters. The Morgan fingerprint density at radius 1 is 1.18 bits per heavy atom. The second-order valence-corrected chi connectivity index (χ2v) is 6.21. The van der Waals surface area contributed by atoms with Crippen molar-refractivity contribution < 1.29 is 9.59 Å². The largest absolute Gasteiger partial charge is 0.338 e. The molecule has 0 spiro atoms. The molecule has 1 saturated heterocycles. The van der Waals surface area contributed by atoms with E-state index in [1.54, 1.807) is 4.90 Å². The number of nitrogens with zero attached hydrogens (tertiary/aromatic N) is 1. The average Bonchev–Trinajstić information content (AvgIpc) is 3.40. The van der Waals surface area contributed by atoms with Crippen LogP contribution in [0, 0.1) is 5.92 Å². The molecule has 22 heavy (non-hydrogen) atoms. The normalized spacial score (nSPS) is 21.3. The minimum atomic E-state index is -0.138. The molecule has 2 amide bonds. The number of hydrogen-bond acceptors (Lipinski definition) is 2. The van der Waals surface area contributed by atoms with Gasteiger partial charge in [-0.15, -0.1) is 0 Å². The van der Waals surface area contributed by atoms with E-state index in [9.17, 15) is 9.59 Å². The predicted octanol–water partition coefficient (Wildman–Crippen LogP) is 2.93. The Balaban J connectivity index is 1.58. The Morgan fingerprint density at radius 2 is 1.91 bits per heavy atom. The third-order valence-electron chi connectivity index (χ3n) is 4.51. The molecule has 1 heterocycles. The zero-order valence-corrected chi connectivity index (χ0v) is 12.8. The van der Waals surface area contributed by atoms with Gasteiger partial charge in [-0.3, -0.25) is 9.59 Å². The van der Waals surface area contributed by atoms with E-state index in [2.05, 4.69) is 24.0 Å². The lowest BCUT2D eigenvalue weighted by Crippen LogP contribution is -2.43. The number of hydrogen-bond donors (Lipinski definition) is 1. The summed E-state index contributed by atoms with van der Waals surface area (Å²) in [4.78, 5) is 25.8. The van der Waals surface area contributed by atoms with Crippen LogP contribution < -0.4 is 5.32 Å². The van der Waals surface area contributed by atoms with Gasteiger partial charge >= 0.3 is 0 Å². The minimum Gasteiger partial charge on any atom is -0.338 e. The molecule has 1 aromatic carbocycles. The highest BCUT2D eigenvalue weighted by Gasteiger charge is 2.27. The van der Waals surface area contributed by atoms with E-state index in [-0.39, 0.29) is 17.7 Å². The molecular weight excluding hydrogens is 276 g/mol. The van der Waals surface area contributed by atoms with Crippen LogP contribution in [0.2, 0.25) is 0 Å². The van der Waals surface area contributed by atoms with Gasteiger partial charge in [0.05, 0.1) is 5.92 Å². The Labute approximate surface area is 131 Å². The number of likely N-dealkylation sites (tertiary alicyclic amines) is 1. The Morgan fingerprint density at radius 3 is 2.55 bits per heavy atom. The van der Waals surface area contributed by atoms with Crippen LogP contribution in [0.4, 0.5) is 5.69 Å². The maximum atomic E-state index is 12.4. The van der Waals surface area contributed by atoms with Crippen LogP contribution in [0.3, 0.4) is 0 Å². The first-order chi connectivity index (χ1) is 10.7. The van der Waals surface area contributed by atoms with E-state index in [4.69, 9.17) is 0 Å². The standard InChI is InChI=1S/C18H22N2O2/c1-2-17(21)20-11-3-4-15(12-20)18(22)19-16-9-7-14(8-10-16)13-5-6-13/h2,7-10,13,15H,1,3-6,11-12H2,(H,19,22). The van der Waals surface area contributed by atoms with Gasteiger partial charge in [0.15, 0.2) is 0 Å². The van der Waals surface area contributed by atoms with Gasteiger partial charge in [0.1, 0.15) is 0 Å². The van der Waals surface area contributed by atoms with Gasteiger partial charge in [0, 0.05) is 18.8 Å². The van der Waals surface area contributed by atoms with Crippen LogP contribution in [-0.4, -0.2) is 29.8 Å². The molecule has 3 rings (SSSR count). The van der Waals surface area contributed by atoms with E-state index in [0.29, 0.717) is 13.1 Å². The second-order valence-electron chi connectivity index (χ2n) is 6.21. The Hall–Kier alpha value is -2.10. The first-order valence-electron chi connectivity index (χ1n) is 7.99. The quantitative estimate of drug-likeness (QED) is 0.869. The topological polar surface area (TPSA) is 49.4 Å². The number of carbonyl (C=O) groups is 2. The number of nitrogens with one attached hydrogen (secondary N) is 1. The lowest BCUT2D eigenvalue weighted by Gasteiger charge is -2.31. The van der Waals surface area contributed by atoms with Gasteiger partial charge in [-0.05, 0) is 55.4 Å². The smallest absolute Gasteiger partial charge is 0.245 e. The van der Waals surface area contributed by atoms with Crippen LogP contribution in [0.25, 0.3) is 0 Å². The summed E-state index contributed by atoms with van der Waals surface area (Å²) in [6.45, 7) is 4.71. The fourth-order valence-electron chi connectivity index (χ4n) is 3.02. The van der Waals surface area contributed by atoms with Crippen molar-refractivity contribution in [1.82, 2.24) is 4.90 Å². The van der Waals surface area contributed by atoms with Crippen LogP contribution in [-0.2, 0) is 9.59 Å². The van der Waals surface area contributed by atoms with Crippen molar-refractivity contribution in [2.24, 2.45) is 5.92 Å². The van der Waals surface area contributed by atoms with E-state index < -0.39 is 0 Å². The zero-order valence-electron chi connectivity index (χ0n) is 12.8. The van der Waals surface area contributed by atoms with Gasteiger partial charge in [0.2, 0.25) is 11.8 Å². The molecule has 4 heteroatoms. The first kappa shape index (κ1) is 14.8. The molecule has 1 N–H and O–H groups in total. The number of piperidine rings is 1. The van der Waals surface area contributed by atoms with Crippen molar-refractivity contribution in [2.75, 3.05) is 18.4 Å². The number of rotatable bonds is 4. The van der Waals surface area contributed by atoms with Gasteiger partial charge in [-0.25, -0.2) is 0 Å². The van der Waals surface area contributed by atoms with Crippen molar-refractivity contribution in [1.29, 1.82) is 0 Å². The molecule has 4 nitrogen and oxygen atoms in total. The predicted molar refractivity (Wildman–Crippen MR) is 86.5 cm³/mol. The van der Waals surface area contributed by atoms with Crippen molar-refractivity contribution in [3.8, 4) is 0 Å². The molecule has 0 bridgehead atoms. The van der Waals surface area contributed by atoms with Crippen molar-refractivity contribution in [3.63, 3.8) is 0 Å². The molecular formula is C18H22N2O2. The van der Waals surface area contributed by atoms with E-state index >= 15 is 0 Å². The third-order valence-corrected chi connectivity index (χ3v) is 4.51. The van der Waals surface area contributed by atoms with Gasteiger partial charge < -0.3 is 10.2 Å². The second kappa shape index (κ2) is 6.34. The maximum Gasteiger partial charge on any atom is 0.245 e. The molecule has 1 atom stereocenters. The zero-order chi connectivity index (χ0) is 15.5. The van der Waals surface area contributed by atoms with E-state index in [1.807, 2.05) is 12.1 Å². The Kier molecular flexibility index (Phi) is 4.27. The molecule has 1 aliphatic heterocycles. The monoisotopic (exact) mass is 298 g/mol. The number of anilines is 1. The number of benzene rings is 1. The first-order valence-corrected chi connectivity index (χ1v) is 7.99. The molecule has 116 valence electrons. The maximum absolute atomic E-state index is 12.4. The highest BCUT2D eigenvalue weighted by atomic mass is 16.2. The third kappa shape index (κ3) is 3.38. The van der Waals surface area contributed by atoms with E-state index in [1.165, 1.54) is 24.5 Å². The average molecular weight is 298 g/mol. The molecule has 0 aromatic heterocycles. The lowest BCUT2D eigenvalue weighted by molar-refractivity contribution is -0.130. The van der Waals surface area contributed by atoms with Gasteiger partial charge in [0.25, 0.3) is 0 Å². The summed E-state index contributed by atoms with van der Waals surface area (Å²) < 4.78 is 0. The van der Waals surface area contributed by atoms with Gasteiger partial charge in [-0.1, -0.05) is 18.7 Å². The van der Waals surface area contributed by atoms with E-state index in [0.717, 1.165) is 24.4 Å². The van der Waals surface area contributed by atoms with Crippen molar-refractivity contribution >= 4 is 17.5 Å². The molecule has 2 fully saturated rings. The summed E-state index contributed by atoms with van der Waals surface area (Å²) >= 11 is 0. The SMILES string of the molecule is C=CC(=O)N1CCCC(C(=O)Nc2ccc(C3CC3)cc2)C1. The Bertz CT molecular complexity index is 575. The van der Waals surface area contributed by atoms with Crippen LogP contribution in [0.1, 0.15) is 37.2 Å². The summed E-state index contributed by atoms with van der Waals surface area (Å²) in [5, 5.41) is 2.97. The molecule has 1 aromatic rings. The lowest BCUT2D eigenvalue weighted by atomic mass is 9.97. The highest BCUT2D eigenvalue weighted by Crippen LogP contribution is 2.40. The molecule has 1 aliphatic carbocycles. The molecule has 1 saturated carbocycles. The summed E-state index contributed by atoms with van der Waals surface area (Å²) in [5.41, 5.74) is 2.19. The highest BCUT2D eigenvalue weighted by molar-refractivity contribution is 5.93. The molecule has 0 radical (unpaired) electrons. The van der Waals surface area contributed by atoms with Crippen LogP contribution in [0.5, 0.6) is 0 Å². The van der Waals surface area contributed by atoms with Crippen molar-refractivity contribution in [2.45, 2.75) is 31.6 Å².